The number of aliphatic hydroxyl groups is 1. The molecule has 0 atom stereocenters. The van der Waals surface area contributed by atoms with Gasteiger partial charge in [-0.3, -0.25) is 14.5 Å². The molecule has 1 heterocycles. The molecule has 12 heteroatoms. The molecule has 1 saturated carbocycles. The predicted octanol–water partition coefficient (Wildman–Crippen LogP) is 2.98. The number of morpholine rings is 1. The summed E-state index contributed by atoms with van der Waals surface area (Å²) in [4.78, 5) is 32.9. The fraction of sp³-hybridized carbons (Fsp3) is 0.500. The van der Waals surface area contributed by atoms with E-state index in [0.717, 1.165) is 69.8 Å². The maximum Gasteiger partial charge on any atom is 0.336 e. The minimum absolute atomic E-state index is 0.107. The number of ether oxygens (including phenoxy) is 2. The maximum atomic E-state index is 14.6. The van der Waals surface area contributed by atoms with Gasteiger partial charge in [0.1, 0.15) is 11.6 Å². The zero-order chi connectivity index (χ0) is 30.8. The van der Waals surface area contributed by atoms with Crippen LogP contribution in [0.2, 0.25) is 0 Å². The van der Waals surface area contributed by atoms with Crippen LogP contribution in [0.5, 0.6) is 5.75 Å². The lowest BCUT2D eigenvalue weighted by Crippen LogP contribution is -2.42. The van der Waals surface area contributed by atoms with E-state index in [2.05, 4.69) is 28.4 Å². The van der Waals surface area contributed by atoms with E-state index in [1.165, 1.54) is 11.1 Å². The van der Waals surface area contributed by atoms with Crippen LogP contribution in [-0.4, -0.2) is 82.2 Å². The molecule has 1 aliphatic carbocycles. The zero-order valence-electron chi connectivity index (χ0n) is 23.7. The summed E-state index contributed by atoms with van der Waals surface area (Å²) in [5.41, 5.74) is 0.198. The third-order valence-electron chi connectivity index (χ3n) is 7.61. The normalized spacial score (nSPS) is 16.7. The van der Waals surface area contributed by atoms with Crippen LogP contribution < -0.4 is 10.1 Å². The Balaban J connectivity index is 0.000000316. The molecule has 0 unspecified atom stereocenters. The molecule has 42 heavy (non-hydrogen) atoms. The smallest absolute Gasteiger partial charge is 0.336 e. The number of carboxylic acids is 3. The second-order valence-corrected chi connectivity index (χ2v) is 10.6. The highest BCUT2D eigenvalue weighted by molar-refractivity contribution is 5.88. The summed E-state index contributed by atoms with van der Waals surface area (Å²) < 4.78 is 25.6. The first kappa shape index (κ1) is 32.9. The molecule has 1 saturated heterocycles. The number of halogens is 1. The molecule has 2 aromatic carbocycles. The highest BCUT2D eigenvalue weighted by Gasteiger charge is 2.41. The Labute approximate surface area is 243 Å². The van der Waals surface area contributed by atoms with Gasteiger partial charge in [0.25, 0.3) is 0 Å². The first-order chi connectivity index (χ1) is 20.0. The summed E-state index contributed by atoms with van der Waals surface area (Å²) in [6, 6.07) is 13.6. The molecule has 11 nitrogen and oxygen atoms in total. The van der Waals surface area contributed by atoms with Crippen molar-refractivity contribution >= 4 is 17.9 Å². The summed E-state index contributed by atoms with van der Waals surface area (Å²) in [7, 11) is 1.72. The molecule has 0 bridgehead atoms. The second kappa shape index (κ2) is 15.1. The lowest BCUT2D eigenvalue weighted by Gasteiger charge is -2.32. The van der Waals surface area contributed by atoms with Crippen molar-refractivity contribution in [3.63, 3.8) is 0 Å². The van der Waals surface area contributed by atoms with E-state index in [1.807, 2.05) is 12.1 Å². The largest absolute Gasteiger partial charge is 0.496 e. The Morgan fingerprint density at radius 1 is 1.02 bits per heavy atom. The standard InChI is InChI=1S/C24H31FN2O2.C6H8O7/c1-28-23-9-8-19(16-20(23)18-27-12-14-29-15-13-27)17-26-24(10-4-5-11-24)21-6-2-3-7-22(21)25;7-3(8)1-6(13,5(11)12)2-4(9)10/h2-3,6-9,16,26H,4-5,10-15,17-18H2,1H3;13H,1-2H2,(H,7,8)(H,9,10)(H,11,12). The van der Waals surface area contributed by atoms with E-state index in [0.29, 0.717) is 6.54 Å². The van der Waals surface area contributed by atoms with Gasteiger partial charge < -0.3 is 35.2 Å². The van der Waals surface area contributed by atoms with Gasteiger partial charge in [0, 0.05) is 42.8 Å². The van der Waals surface area contributed by atoms with Crippen LogP contribution in [0, 0.1) is 5.82 Å². The summed E-state index contributed by atoms with van der Waals surface area (Å²) in [6.45, 7) is 5.04. The second-order valence-electron chi connectivity index (χ2n) is 10.6. The van der Waals surface area contributed by atoms with Crippen molar-refractivity contribution < 1.29 is 48.7 Å². The molecule has 1 aliphatic heterocycles. The molecule has 5 N–H and O–H groups in total. The Hall–Kier alpha value is -3.58. The highest BCUT2D eigenvalue weighted by Crippen LogP contribution is 2.40. The number of nitrogens with zero attached hydrogens (tertiary/aromatic N) is 1. The molecule has 0 spiro atoms. The molecule has 0 amide bonds. The zero-order valence-corrected chi connectivity index (χ0v) is 23.7. The van der Waals surface area contributed by atoms with Crippen LogP contribution in [0.25, 0.3) is 0 Å². The third-order valence-corrected chi connectivity index (χ3v) is 7.61. The molecule has 2 aromatic rings. The SMILES string of the molecule is COc1ccc(CNC2(c3ccccc3F)CCCC2)cc1CN1CCOCC1.O=C(O)CC(O)(CC(=O)O)C(=O)O. The van der Waals surface area contributed by atoms with Crippen molar-refractivity contribution in [2.45, 2.75) is 62.8 Å². The molecule has 4 rings (SSSR count). The number of rotatable bonds is 12. The topological polar surface area (TPSA) is 166 Å². The number of nitrogens with one attached hydrogen (secondary N) is 1. The number of carboxylic acid groups (broad SMARTS) is 3. The first-order valence-corrected chi connectivity index (χ1v) is 13.8. The molecule has 2 aliphatic rings. The Morgan fingerprint density at radius 2 is 1.64 bits per heavy atom. The van der Waals surface area contributed by atoms with Crippen LogP contribution in [0.3, 0.4) is 0 Å². The fourth-order valence-electron chi connectivity index (χ4n) is 5.42. The highest BCUT2D eigenvalue weighted by atomic mass is 19.1. The quantitative estimate of drug-likeness (QED) is 0.247. The van der Waals surface area contributed by atoms with Gasteiger partial charge in [0.05, 0.1) is 33.2 Å². The number of hydrogen-bond donors (Lipinski definition) is 5. The predicted molar refractivity (Wildman–Crippen MR) is 150 cm³/mol. The Bertz CT molecular complexity index is 1210. The van der Waals surface area contributed by atoms with Gasteiger partial charge in [-0.1, -0.05) is 37.1 Å². The fourth-order valence-corrected chi connectivity index (χ4v) is 5.42. The van der Waals surface area contributed by atoms with Crippen molar-refractivity contribution in [2.24, 2.45) is 0 Å². The van der Waals surface area contributed by atoms with E-state index in [4.69, 9.17) is 29.9 Å². The van der Waals surface area contributed by atoms with E-state index in [1.54, 1.807) is 19.2 Å². The Morgan fingerprint density at radius 3 is 2.19 bits per heavy atom. The average Bonchev–Trinajstić information content (AvgIpc) is 3.42. The molecule has 230 valence electrons. The number of methoxy groups -OCH3 is 1. The minimum atomic E-state index is -2.74. The molecular formula is C30H39FN2O9. The van der Waals surface area contributed by atoms with Gasteiger partial charge in [-0.15, -0.1) is 0 Å². The summed E-state index contributed by atoms with van der Waals surface area (Å²) in [5.74, 6) is -4.20. The van der Waals surface area contributed by atoms with Crippen LogP contribution >= 0.6 is 0 Å². The van der Waals surface area contributed by atoms with Crippen molar-refractivity contribution in [3.8, 4) is 5.75 Å². The maximum absolute atomic E-state index is 14.6. The lowest BCUT2D eigenvalue weighted by atomic mass is 9.87. The van der Waals surface area contributed by atoms with Crippen molar-refractivity contribution in [1.29, 1.82) is 0 Å². The van der Waals surface area contributed by atoms with E-state index in [9.17, 15) is 18.8 Å². The van der Waals surface area contributed by atoms with Crippen LogP contribution in [0.15, 0.2) is 42.5 Å². The third kappa shape index (κ3) is 8.96. The molecule has 2 fully saturated rings. The van der Waals surface area contributed by atoms with Gasteiger partial charge in [0.15, 0.2) is 5.60 Å². The lowest BCUT2D eigenvalue weighted by molar-refractivity contribution is -0.170. The van der Waals surface area contributed by atoms with Gasteiger partial charge in [-0.2, -0.15) is 0 Å². The summed E-state index contributed by atoms with van der Waals surface area (Å²) >= 11 is 0. The van der Waals surface area contributed by atoms with E-state index in [-0.39, 0.29) is 11.4 Å². The van der Waals surface area contributed by atoms with Crippen molar-refractivity contribution in [3.05, 3.63) is 65.0 Å². The van der Waals surface area contributed by atoms with Crippen LogP contribution in [-0.2, 0) is 37.7 Å². The van der Waals surface area contributed by atoms with Crippen molar-refractivity contribution in [2.75, 3.05) is 33.4 Å². The van der Waals surface area contributed by atoms with Crippen LogP contribution in [0.1, 0.15) is 55.2 Å². The van der Waals surface area contributed by atoms with Gasteiger partial charge in [-0.05, 0) is 36.6 Å². The van der Waals surface area contributed by atoms with E-state index < -0.39 is 36.4 Å². The number of carbonyl (C=O) groups is 3. The average molecular weight is 591 g/mol. The number of benzene rings is 2. The van der Waals surface area contributed by atoms with Crippen LogP contribution in [0.4, 0.5) is 4.39 Å². The molecule has 0 radical (unpaired) electrons. The van der Waals surface area contributed by atoms with Gasteiger partial charge >= 0.3 is 17.9 Å². The number of aliphatic carboxylic acids is 3. The Kier molecular flexibility index (Phi) is 11.8. The van der Waals surface area contributed by atoms with Crippen molar-refractivity contribution in [1.82, 2.24) is 10.2 Å². The molecule has 0 aromatic heterocycles. The van der Waals surface area contributed by atoms with E-state index >= 15 is 0 Å². The first-order valence-electron chi connectivity index (χ1n) is 13.8. The summed E-state index contributed by atoms with van der Waals surface area (Å²) in [6.07, 6.45) is 1.93. The van der Waals surface area contributed by atoms with Gasteiger partial charge in [-0.25, -0.2) is 9.18 Å². The monoisotopic (exact) mass is 590 g/mol. The minimum Gasteiger partial charge on any atom is -0.496 e. The number of hydrogen-bond acceptors (Lipinski definition) is 8. The molecular weight excluding hydrogens is 551 g/mol. The van der Waals surface area contributed by atoms with Gasteiger partial charge in [0.2, 0.25) is 0 Å². The summed E-state index contributed by atoms with van der Waals surface area (Å²) in [5, 5.41) is 37.5.